The summed E-state index contributed by atoms with van der Waals surface area (Å²) < 4.78 is 5.44. The lowest BCUT2D eigenvalue weighted by molar-refractivity contribution is 0.414. The fourth-order valence-electron chi connectivity index (χ4n) is 3.70. The third-order valence-electron chi connectivity index (χ3n) is 5.24. The molecule has 1 aliphatic heterocycles. The number of methoxy groups -OCH3 is 1. The summed E-state index contributed by atoms with van der Waals surface area (Å²) >= 11 is 0. The van der Waals surface area contributed by atoms with Crippen LogP contribution in [0.25, 0.3) is 11.3 Å². The van der Waals surface area contributed by atoms with Crippen molar-refractivity contribution < 1.29 is 4.74 Å². The monoisotopic (exact) mass is 368 g/mol. The van der Waals surface area contributed by atoms with E-state index in [1.807, 2.05) is 30.3 Å². The molecule has 1 aromatic heterocycles. The van der Waals surface area contributed by atoms with Crippen LogP contribution in [0.5, 0.6) is 5.75 Å². The summed E-state index contributed by atoms with van der Waals surface area (Å²) in [6.45, 7) is 5.44. The Bertz CT molecular complexity index is 689. The number of para-hydroxylation sites is 1. The largest absolute Gasteiger partial charge is 0.496 e. The Morgan fingerprint density at radius 2 is 2.00 bits per heavy atom. The minimum absolute atomic E-state index is 0.552. The number of piperidine rings is 1. The topological polar surface area (TPSA) is 50.3 Å². The normalized spacial score (nSPS) is 17.1. The van der Waals surface area contributed by atoms with Crippen molar-refractivity contribution in [2.45, 2.75) is 51.5 Å². The van der Waals surface area contributed by atoms with Crippen LogP contribution in [-0.4, -0.2) is 43.0 Å². The third-order valence-corrected chi connectivity index (χ3v) is 5.24. The second kappa shape index (κ2) is 10.3. The van der Waals surface area contributed by atoms with E-state index in [4.69, 9.17) is 4.74 Å². The number of unbranched alkanes of at least 4 members (excludes halogenated alkanes) is 3. The van der Waals surface area contributed by atoms with Gasteiger partial charge in [0.1, 0.15) is 5.75 Å². The number of nitrogens with one attached hydrogen (secondary N) is 1. The predicted octanol–water partition coefficient (Wildman–Crippen LogP) is 4.29. The van der Waals surface area contributed by atoms with Crippen LogP contribution in [0.3, 0.4) is 0 Å². The average molecular weight is 369 g/mol. The van der Waals surface area contributed by atoms with Crippen molar-refractivity contribution in [1.82, 2.24) is 15.5 Å². The molecule has 0 saturated carbocycles. The van der Waals surface area contributed by atoms with Gasteiger partial charge in [0.15, 0.2) is 5.82 Å². The van der Waals surface area contributed by atoms with Crippen LogP contribution in [0.2, 0.25) is 0 Å². The van der Waals surface area contributed by atoms with Crippen molar-refractivity contribution in [2.75, 3.05) is 31.6 Å². The van der Waals surface area contributed by atoms with Gasteiger partial charge in [-0.15, -0.1) is 10.2 Å². The zero-order chi connectivity index (χ0) is 18.9. The van der Waals surface area contributed by atoms with E-state index in [0.717, 1.165) is 42.5 Å². The first-order valence-electron chi connectivity index (χ1n) is 10.3. The maximum atomic E-state index is 5.44. The lowest BCUT2D eigenvalue weighted by atomic mass is 10.1. The summed E-state index contributed by atoms with van der Waals surface area (Å²) in [6.07, 6.45) is 7.68. The molecule has 0 aliphatic carbocycles. The van der Waals surface area contributed by atoms with Crippen LogP contribution in [-0.2, 0) is 0 Å². The molecule has 3 rings (SSSR count). The minimum Gasteiger partial charge on any atom is -0.496 e. The van der Waals surface area contributed by atoms with Gasteiger partial charge in [0, 0.05) is 24.7 Å². The Morgan fingerprint density at radius 3 is 2.78 bits per heavy atom. The molecule has 0 bridgehead atoms. The quantitative estimate of drug-likeness (QED) is 0.669. The Balaban J connectivity index is 1.58. The number of anilines is 1. The van der Waals surface area contributed by atoms with Crippen LogP contribution < -0.4 is 15.0 Å². The fourth-order valence-corrected chi connectivity index (χ4v) is 3.70. The molecule has 0 spiro atoms. The molecule has 27 heavy (non-hydrogen) atoms. The number of nitrogens with zero attached hydrogens (tertiary/aromatic N) is 3. The van der Waals surface area contributed by atoms with E-state index in [0.29, 0.717) is 6.04 Å². The number of hydrogen-bond donors (Lipinski definition) is 1. The van der Waals surface area contributed by atoms with Crippen LogP contribution in [0, 0.1) is 0 Å². The second-order valence-corrected chi connectivity index (χ2v) is 7.28. The molecular weight excluding hydrogens is 336 g/mol. The summed E-state index contributed by atoms with van der Waals surface area (Å²) in [5, 5.41) is 12.7. The molecule has 2 aromatic rings. The zero-order valence-electron chi connectivity index (χ0n) is 16.7. The average Bonchev–Trinajstić information content (AvgIpc) is 2.74. The molecule has 1 unspecified atom stereocenters. The van der Waals surface area contributed by atoms with Crippen molar-refractivity contribution in [3.8, 4) is 17.0 Å². The summed E-state index contributed by atoms with van der Waals surface area (Å²) in [7, 11) is 1.68. The Kier molecular flexibility index (Phi) is 7.45. The van der Waals surface area contributed by atoms with Crippen molar-refractivity contribution >= 4 is 5.82 Å². The summed E-state index contributed by atoms with van der Waals surface area (Å²) in [6, 6.07) is 12.6. The van der Waals surface area contributed by atoms with E-state index >= 15 is 0 Å². The zero-order valence-corrected chi connectivity index (χ0v) is 16.7. The van der Waals surface area contributed by atoms with E-state index in [1.165, 1.54) is 38.5 Å². The maximum absolute atomic E-state index is 5.44. The lowest BCUT2D eigenvalue weighted by Crippen LogP contribution is -2.46. The molecule has 2 heterocycles. The van der Waals surface area contributed by atoms with Gasteiger partial charge in [-0.05, 0) is 50.1 Å². The van der Waals surface area contributed by atoms with Gasteiger partial charge in [-0.2, -0.15) is 0 Å². The molecule has 5 nitrogen and oxygen atoms in total. The first-order chi connectivity index (χ1) is 13.3. The van der Waals surface area contributed by atoms with Crippen molar-refractivity contribution in [2.24, 2.45) is 0 Å². The van der Waals surface area contributed by atoms with E-state index in [2.05, 4.69) is 33.4 Å². The van der Waals surface area contributed by atoms with Crippen LogP contribution in [0.15, 0.2) is 36.4 Å². The van der Waals surface area contributed by atoms with E-state index in [1.54, 1.807) is 7.11 Å². The lowest BCUT2D eigenvalue weighted by Gasteiger charge is -2.33. The summed E-state index contributed by atoms with van der Waals surface area (Å²) in [5.41, 5.74) is 1.82. The highest BCUT2D eigenvalue weighted by molar-refractivity contribution is 5.67. The predicted molar refractivity (Wildman–Crippen MR) is 111 cm³/mol. The molecule has 5 heteroatoms. The van der Waals surface area contributed by atoms with Crippen molar-refractivity contribution in [3.63, 3.8) is 0 Å². The molecule has 0 amide bonds. The standard InChI is InChI=1S/C22H32N4O/c1-3-4-5-8-15-23-18-10-9-16-26(17-18)22-14-13-20(24-25-22)19-11-6-7-12-21(19)27-2/h6-7,11-14,18,23H,3-5,8-10,15-17H2,1-2H3. The van der Waals surface area contributed by atoms with Crippen molar-refractivity contribution in [1.29, 1.82) is 0 Å². The molecule has 1 N–H and O–H groups in total. The highest BCUT2D eigenvalue weighted by Gasteiger charge is 2.21. The Labute approximate surface area is 163 Å². The van der Waals surface area contributed by atoms with Gasteiger partial charge in [-0.1, -0.05) is 38.3 Å². The van der Waals surface area contributed by atoms with Crippen molar-refractivity contribution in [3.05, 3.63) is 36.4 Å². The molecule has 0 radical (unpaired) electrons. The van der Waals surface area contributed by atoms with Gasteiger partial charge in [0.25, 0.3) is 0 Å². The van der Waals surface area contributed by atoms with Gasteiger partial charge in [0.05, 0.1) is 12.8 Å². The molecule has 1 saturated heterocycles. The Hall–Kier alpha value is -2.14. The van der Waals surface area contributed by atoms with E-state index in [9.17, 15) is 0 Å². The first kappa shape index (κ1) is 19.6. The first-order valence-corrected chi connectivity index (χ1v) is 10.3. The molecule has 146 valence electrons. The smallest absolute Gasteiger partial charge is 0.151 e. The van der Waals surface area contributed by atoms with Crippen LogP contribution in [0.1, 0.15) is 45.4 Å². The highest BCUT2D eigenvalue weighted by Crippen LogP contribution is 2.28. The number of hydrogen-bond acceptors (Lipinski definition) is 5. The fraction of sp³-hybridized carbons (Fsp3) is 0.545. The number of rotatable bonds is 9. The van der Waals surface area contributed by atoms with Gasteiger partial charge in [-0.25, -0.2) is 0 Å². The number of aromatic nitrogens is 2. The van der Waals surface area contributed by atoms with Crippen LogP contribution >= 0.6 is 0 Å². The van der Waals surface area contributed by atoms with Gasteiger partial charge in [0.2, 0.25) is 0 Å². The van der Waals surface area contributed by atoms with Crippen LogP contribution in [0.4, 0.5) is 5.82 Å². The number of benzene rings is 1. The molecule has 1 fully saturated rings. The minimum atomic E-state index is 0.552. The Morgan fingerprint density at radius 1 is 1.11 bits per heavy atom. The summed E-state index contributed by atoms with van der Waals surface area (Å²) in [5.74, 6) is 1.79. The molecule has 1 aliphatic rings. The van der Waals surface area contributed by atoms with Gasteiger partial charge < -0.3 is 15.0 Å². The molecule has 1 aromatic carbocycles. The number of ether oxygens (including phenoxy) is 1. The highest BCUT2D eigenvalue weighted by atomic mass is 16.5. The van der Waals surface area contributed by atoms with Gasteiger partial charge >= 0.3 is 0 Å². The molecule has 1 atom stereocenters. The van der Waals surface area contributed by atoms with Gasteiger partial charge in [-0.3, -0.25) is 0 Å². The summed E-state index contributed by atoms with van der Waals surface area (Å²) in [4.78, 5) is 2.35. The molecular formula is C22H32N4O. The van der Waals surface area contributed by atoms with E-state index in [-0.39, 0.29) is 0 Å². The van der Waals surface area contributed by atoms with E-state index < -0.39 is 0 Å². The second-order valence-electron chi connectivity index (χ2n) is 7.28. The SMILES string of the molecule is CCCCCCNC1CCCN(c2ccc(-c3ccccc3OC)nn2)C1. The maximum Gasteiger partial charge on any atom is 0.151 e. The third kappa shape index (κ3) is 5.42.